The highest BCUT2D eigenvalue weighted by Crippen LogP contribution is 2.43. The van der Waals surface area contributed by atoms with Crippen LogP contribution in [0, 0.1) is 0 Å². The van der Waals surface area contributed by atoms with E-state index in [4.69, 9.17) is 34.8 Å². The molecule has 3 nitrogen and oxygen atoms in total. The van der Waals surface area contributed by atoms with Gasteiger partial charge in [-0.3, -0.25) is 9.59 Å². The lowest BCUT2D eigenvalue weighted by Crippen LogP contribution is -2.41. The van der Waals surface area contributed by atoms with Crippen LogP contribution in [0.5, 0.6) is 0 Å². The van der Waals surface area contributed by atoms with E-state index in [2.05, 4.69) is 5.32 Å². The normalized spacial score (nSPS) is 16.2. The van der Waals surface area contributed by atoms with Crippen molar-refractivity contribution in [2.45, 2.75) is 25.3 Å². The number of hydrogen-bond donors (Lipinski definition) is 1. The molecule has 19 heavy (non-hydrogen) atoms. The molecule has 0 bridgehead atoms. The highest BCUT2D eigenvalue weighted by atomic mass is 35.5. The molecule has 2 rings (SSSR count). The van der Waals surface area contributed by atoms with Crippen molar-refractivity contribution in [1.29, 1.82) is 0 Å². The van der Waals surface area contributed by atoms with Gasteiger partial charge in [0, 0.05) is 0 Å². The van der Waals surface area contributed by atoms with Crippen LogP contribution in [-0.2, 0) is 4.79 Å². The first-order chi connectivity index (χ1) is 8.91. The van der Waals surface area contributed by atoms with Crippen molar-refractivity contribution in [1.82, 2.24) is 5.32 Å². The molecule has 1 aromatic heterocycles. The van der Waals surface area contributed by atoms with Gasteiger partial charge in [0.15, 0.2) is 0 Å². The Bertz CT molecular complexity index is 540. The Labute approximate surface area is 134 Å². The van der Waals surface area contributed by atoms with E-state index >= 15 is 0 Å². The molecule has 1 aliphatic rings. The molecule has 1 N–H and O–H groups in total. The van der Waals surface area contributed by atoms with Crippen molar-refractivity contribution >= 4 is 68.9 Å². The Balaban J connectivity index is 2.13. The number of carbonyl (C=O) groups is 2. The molecule has 0 atom stereocenters. The average Bonchev–Trinajstić information content (AvgIpc) is 3.09. The number of thiophene rings is 1. The highest BCUT2D eigenvalue weighted by Gasteiger charge is 2.51. The van der Waals surface area contributed by atoms with Crippen LogP contribution in [0.15, 0.2) is 0 Å². The van der Waals surface area contributed by atoms with E-state index in [1.165, 1.54) is 11.8 Å². The average molecular weight is 359 g/mol. The predicted molar refractivity (Wildman–Crippen MR) is 81.9 cm³/mol. The number of halogens is 3. The standard InChI is InChI=1S/C11H10Cl3NO2S2/c1-2-18-10(17)11(3-4-11)15-9(16)7-5(12)6(13)8(14)19-7/h2-4H2,1H3,(H,15,16). The van der Waals surface area contributed by atoms with Gasteiger partial charge in [-0.25, -0.2) is 0 Å². The largest absolute Gasteiger partial charge is 0.338 e. The Morgan fingerprint density at radius 1 is 1.32 bits per heavy atom. The number of amides is 1. The van der Waals surface area contributed by atoms with Gasteiger partial charge in [-0.05, 0) is 18.6 Å². The minimum atomic E-state index is -0.732. The summed E-state index contributed by atoms with van der Waals surface area (Å²) in [5, 5.41) is 3.06. The Kier molecular flexibility index (Phi) is 4.73. The van der Waals surface area contributed by atoms with Gasteiger partial charge >= 0.3 is 0 Å². The maximum atomic E-state index is 12.1. The molecule has 0 unspecified atom stereocenters. The topological polar surface area (TPSA) is 46.2 Å². The fourth-order valence-corrected chi connectivity index (χ4v) is 4.05. The minimum Gasteiger partial charge on any atom is -0.338 e. The highest BCUT2D eigenvalue weighted by molar-refractivity contribution is 8.13. The summed E-state index contributed by atoms with van der Waals surface area (Å²) in [7, 11) is 0. The lowest BCUT2D eigenvalue weighted by molar-refractivity contribution is -0.113. The van der Waals surface area contributed by atoms with Crippen LogP contribution in [0.4, 0.5) is 0 Å². The maximum Gasteiger partial charge on any atom is 0.263 e. The van der Waals surface area contributed by atoms with Crippen molar-refractivity contribution in [3.05, 3.63) is 19.3 Å². The Morgan fingerprint density at radius 2 is 1.95 bits per heavy atom. The second-order valence-electron chi connectivity index (χ2n) is 4.09. The van der Waals surface area contributed by atoms with Gasteiger partial charge in [-0.1, -0.05) is 53.5 Å². The van der Waals surface area contributed by atoms with Crippen molar-refractivity contribution in [2.75, 3.05) is 5.75 Å². The van der Waals surface area contributed by atoms with E-state index in [9.17, 15) is 9.59 Å². The molecule has 0 aromatic carbocycles. The van der Waals surface area contributed by atoms with Gasteiger partial charge < -0.3 is 5.32 Å². The lowest BCUT2D eigenvalue weighted by Gasteiger charge is -2.14. The van der Waals surface area contributed by atoms with Crippen molar-refractivity contribution in [3.63, 3.8) is 0 Å². The van der Waals surface area contributed by atoms with Gasteiger partial charge in [0.1, 0.15) is 14.8 Å². The number of rotatable bonds is 4. The Hall–Kier alpha value is 0.0600. The number of hydrogen-bond acceptors (Lipinski definition) is 4. The fourth-order valence-electron chi connectivity index (χ4n) is 1.56. The van der Waals surface area contributed by atoms with E-state index in [1.807, 2.05) is 6.92 Å². The lowest BCUT2D eigenvalue weighted by atomic mass is 10.3. The SMILES string of the molecule is CCSC(=O)C1(NC(=O)c2sc(Cl)c(Cl)c2Cl)CC1. The second-order valence-corrected chi connectivity index (χ2v) is 7.70. The molecular weight excluding hydrogens is 349 g/mol. The van der Waals surface area contributed by atoms with Gasteiger partial charge in [0.05, 0.1) is 10.0 Å². The summed E-state index contributed by atoms with van der Waals surface area (Å²) < 4.78 is 0.274. The van der Waals surface area contributed by atoms with Gasteiger partial charge in [-0.2, -0.15) is 0 Å². The van der Waals surface area contributed by atoms with Crippen molar-refractivity contribution < 1.29 is 9.59 Å². The first-order valence-corrected chi connectivity index (χ1v) is 8.48. The summed E-state index contributed by atoms with van der Waals surface area (Å²) in [6.45, 7) is 1.90. The van der Waals surface area contributed by atoms with Gasteiger partial charge in [0.25, 0.3) is 5.91 Å². The molecule has 1 amide bonds. The first-order valence-electron chi connectivity index (χ1n) is 5.54. The molecule has 0 saturated heterocycles. The van der Waals surface area contributed by atoms with E-state index in [0.29, 0.717) is 18.6 Å². The number of nitrogens with one attached hydrogen (secondary N) is 1. The summed E-state index contributed by atoms with van der Waals surface area (Å²) in [6.07, 6.45) is 1.32. The zero-order valence-corrected chi connectivity index (χ0v) is 13.8. The molecule has 1 fully saturated rings. The monoisotopic (exact) mass is 357 g/mol. The third-order valence-corrected chi connectivity index (χ3v) is 6.24. The molecule has 0 radical (unpaired) electrons. The molecule has 0 aliphatic heterocycles. The van der Waals surface area contributed by atoms with Crippen LogP contribution in [0.1, 0.15) is 29.4 Å². The molecule has 1 heterocycles. The fraction of sp³-hybridized carbons (Fsp3) is 0.455. The van der Waals surface area contributed by atoms with E-state index < -0.39 is 11.4 Å². The summed E-state index contributed by atoms with van der Waals surface area (Å²) in [5.41, 5.74) is -0.732. The maximum absolute atomic E-state index is 12.1. The van der Waals surface area contributed by atoms with Crippen LogP contribution < -0.4 is 5.32 Å². The predicted octanol–water partition coefficient (Wildman–Crippen LogP) is 4.25. The number of thioether (sulfide) groups is 1. The third kappa shape index (κ3) is 3.05. The second kappa shape index (κ2) is 5.82. The zero-order chi connectivity index (χ0) is 14.2. The van der Waals surface area contributed by atoms with Crippen molar-refractivity contribution in [3.8, 4) is 0 Å². The molecule has 104 valence electrons. The molecule has 1 aliphatic carbocycles. The van der Waals surface area contributed by atoms with Crippen LogP contribution >= 0.6 is 57.9 Å². The molecule has 1 aromatic rings. The summed E-state index contributed by atoms with van der Waals surface area (Å²) in [4.78, 5) is 24.3. The van der Waals surface area contributed by atoms with Crippen LogP contribution in [0.25, 0.3) is 0 Å². The number of carbonyl (C=O) groups excluding carboxylic acids is 2. The molecule has 1 saturated carbocycles. The van der Waals surface area contributed by atoms with E-state index in [0.717, 1.165) is 11.3 Å². The first kappa shape index (κ1) is 15.4. The smallest absolute Gasteiger partial charge is 0.263 e. The summed E-state index contributed by atoms with van der Waals surface area (Å²) >= 11 is 19.8. The van der Waals surface area contributed by atoms with Crippen LogP contribution in [-0.4, -0.2) is 22.3 Å². The molecule has 8 heteroatoms. The summed E-state index contributed by atoms with van der Waals surface area (Å²) in [6, 6.07) is 0. The van der Waals surface area contributed by atoms with E-state index in [-0.39, 0.29) is 24.4 Å². The molecular formula is C11H10Cl3NO2S2. The van der Waals surface area contributed by atoms with E-state index in [1.54, 1.807) is 0 Å². The van der Waals surface area contributed by atoms with Crippen LogP contribution in [0.3, 0.4) is 0 Å². The van der Waals surface area contributed by atoms with Crippen LogP contribution in [0.2, 0.25) is 14.4 Å². The summed E-state index contributed by atoms with van der Waals surface area (Å²) in [5.74, 6) is 0.291. The van der Waals surface area contributed by atoms with Crippen molar-refractivity contribution in [2.24, 2.45) is 0 Å². The van der Waals surface area contributed by atoms with Gasteiger partial charge in [-0.15, -0.1) is 11.3 Å². The molecule has 0 spiro atoms. The Morgan fingerprint density at radius 3 is 2.37 bits per heavy atom. The minimum absolute atomic E-state index is 0.00628. The zero-order valence-electron chi connectivity index (χ0n) is 9.89. The quantitative estimate of drug-likeness (QED) is 0.875. The van der Waals surface area contributed by atoms with Gasteiger partial charge in [0.2, 0.25) is 5.12 Å². The third-order valence-electron chi connectivity index (χ3n) is 2.73.